The van der Waals surface area contributed by atoms with E-state index in [1.54, 1.807) is 25.1 Å². The Labute approximate surface area is 120 Å². The van der Waals surface area contributed by atoms with Gasteiger partial charge in [-0.3, -0.25) is 4.79 Å². The number of amides is 1. The van der Waals surface area contributed by atoms with E-state index in [1.165, 1.54) is 19.4 Å². The minimum atomic E-state index is -0.458. The van der Waals surface area contributed by atoms with Gasteiger partial charge in [0.2, 0.25) is 5.22 Å². The van der Waals surface area contributed by atoms with Crippen molar-refractivity contribution >= 4 is 29.2 Å². The van der Waals surface area contributed by atoms with E-state index in [1.807, 2.05) is 0 Å². The van der Waals surface area contributed by atoms with Gasteiger partial charge < -0.3 is 14.5 Å². The van der Waals surface area contributed by atoms with Gasteiger partial charge in [-0.25, -0.2) is 4.79 Å². The molecule has 104 valence electrons. The van der Waals surface area contributed by atoms with E-state index in [2.05, 4.69) is 10.1 Å². The number of furan rings is 1. The first-order chi connectivity index (χ1) is 9.54. The van der Waals surface area contributed by atoms with Gasteiger partial charge >= 0.3 is 5.97 Å². The predicted octanol–water partition coefficient (Wildman–Crippen LogP) is 3.28. The second kappa shape index (κ2) is 5.79. The molecule has 1 amide bonds. The lowest BCUT2D eigenvalue weighted by Crippen LogP contribution is -2.14. The number of ether oxygens (including phenoxy) is 1. The maximum absolute atomic E-state index is 12.0. The minimum Gasteiger partial charge on any atom is -0.465 e. The Bertz CT molecular complexity index is 663. The third kappa shape index (κ3) is 2.67. The Morgan fingerprint density at radius 1 is 1.25 bits per heavy atom. The van der Waals surface area contributed by atoms with Gasteiger partial charge in [0.25, 0.3) is 5.91 Å². The topological polar surface area (TPSA) is 68.5 Å². The quantitative estimate of drug-likeness (QED) is 0.882. The molecule has 20 heavy (non-hydrogen) atoms. The summed E-state index contributed by atoms with van der Waals surface area (Å²) in [6.45, 7) is 1.72. The number of nitrogens with one attached hydrogen (secondary N) is 1. The van der Waals surface area contributed by atoms with Crippen molar-refractivity contribution < 1.29 is 18.7 Å². The first-order valence-corrected chi connectivity index (χ1v) is 6.14. The molecule has 0 unspecified atom stereocenters. The van der Waals surface area contributed by atoms with Gasteiger partial charge in [0, 0.05) is 5.69 Å². The third-order valence-corrected chi connectivity index (χ3v) is 3.14. The molecule has 1 aromatic heterocycles. The van der Waals surface area contributed by atoms with Crippen LogP contribution in [0.2, 0.25) is 5.22 Å². The first-order valence-electron chi connectivity index (χ1n) is 5.77. The lowest BCUT2D eigenvalue weighted by molar-refractivity contribution is 0.0599. The molecule has 1 aromatic carbocycles. The molecule has 2 aromatic rings. The highest BCUT2D eigenvalue weighted by atomic mass is 35.5. The molecule has 2 rings (SSSR count). The molecule has 6 heteroatoms. The standard InChI is InChI=1S/C14H12ClNO4/c1-8-9(14(18)19-2)4-3-5-11(8)16-13(17)10-6-7-20-12(10)15/h3-7H,1-2H3,(H,16,17). The van der Waals surface area contributed by atoms with Crippen LogP contribution < -0.4 is 5.32 Å². The fraction of sp³-hybridized carbons (Fsp3) is 0.143. The Balaban J connectivity index is 2.29. The highest BCUT2D eigenvalue weighted by Crippen LogP contribution is 2.22. The van der Waals surface area contributed by atoms with Gasteiger partial charge in [-0.1, -0.05) is 6.07 Å². The van der Waals surface area contributed by atoms with Crippen LogP contribution in [-0.2, 0) is 4.74 Å². The lowest BCUT2D eigenvalue weighted by atomic mass is 10.1. The van der Waals surface area contributed by atoms with Crippen molar-refractivity contribution in [2.45, 2.75) is 6.92 Å². The molecule has 1 heterocycles. The van der Waals surface area contributed by atoms with Crippen molar-refractivity contribution in [3.8, 4) is 0 Å². The van der Waals surface area contributed by atoms with Crippen molar-refractivity contribution in [2.24, 2.45) is 0 Å². The van der Waals surface area contributed by atoms with Crippen LogP contribution in [0.4, 0.5) is 5.69 Å². The van der Waals surface area contributed by atoms with E-state index in [0.29, 0.717) is 16.8 Å². The van der Waals surface area contributed by atoms with Crippen LogP contribution in [0.15, 0.2) is 34.9 Å². The minimum absolute atomic E-state index is 0.0178. The molecule has 0 spiro atoms. The number of anilines is 1. The van der Waals surface area contributed by atoms with Gasteiger partial charge in [0.05, 0.1) is 24.5 Å². The zero-order valence-electron chi connectivity index (χ0n) is 10.9. The zero-order chi connectivity index (χ0) is 14.7. The summed E-state index contributed by atoms with van der Waals surface area (Å²) in [6, 6.07) is 6.44. The molecule has 0 aliphatic carbocycles. The number of esters is 1. The Hall–Kier alpha value is -2.27. The Morgan fingerprint density at radius 2 is 2.00 bits per heavy atom. The summed E-state index contributed by atoms with van der Waals surface area (Å²) in [4.78, 5) is 23.6. The zero-order valence-corrected chi connectivity index (χ0v) is 11.7. The maximum Gasteiger partial charge on any atom is 0.338 e. The summed E-state index contributed by atoms with van der Waals surface area (Å²) in [5.74, 6) is -0.867. The second-order valence-corrected chi connectivity index (χ2v) is 4.38. The largest absolute Gasteiger partial charge is 0.465 e. The van der Waals surface area contributed by atoms with Crippen LogP contribution in [0.3, 0.4) is 0 Å². The molecule has 0 radical (unpaired) electrons. The third-order valence-electron chi connectivity index (χ3n) is 2.85. The van der Waals surface area contributed by atoms with E-state index >= 15 is 0 Å². The normalized spacial score (nSPS) is 10.2. The Morgan fingerprint density at radius 3 is 2.60 bits per heavy atom. The summed E-state index contributed by atoms with van der Waals surface area (Å²) in [7, 11) is 1.30. The molecule has 0 atom stereocenters. The molecular formula is C14H12ClNO4. The molecule has 0 bridgehead atoms. The van der Waals surface area contributed by atoms with E-state index in [0.717, 1.165) is 0 Å². The monoisotopic (exact) mass is 293 g/mol. The van der Waals surface area contributed by atoms with Gasteiger partial charge in [-0.15, -0.1) is 0 Å². The van der Waals surface area contributed by atoms with Crippen molar-refractivity contribution in [3.05, 3.63) is 52.4 Å². The predicted molar refractivity (Wildman–Crippen MR) is 74.2 cm³/mol. The molecule has 1 N–H and O–H groups in total. The van der Waals surface area contributed by atoms with Crippen LogP contribution in [-0.4, -0.2) is 19.0 Å². The number of hydrogen-bond donors (Lipinski definition) is 1. The molecule has 0 aliphatic rings. The van der Waals surface area contributed by atoms with Gasteiger partial charge in [-0.05, 0) is 42.3 Å². The summed E-state index contributed by atoms with van der Waals surface area (Å²) in [5, 5.41) is 2.70. The van der Waals surface area contributed by atoms with E-state index in [4.69, 9.17) is 16.0 Å². The van der Waals surface area contributed by atoms with Crippen molar-refractivity contribution in [1.82, 2.24) is 0 Å². The highest BCUT2D eigenvalue weighted by Gasteiger charge is 2.16. The van der Waals surface area contributed by atoms with Gasteiger partial charge in [0.15, 0.2) is 0 Å². The Kier molecular flexibility index (Phi) is 4.10. The van der Waals surface area contributed by atoms with E-state index in [9.17, 15) is 9.59 Å². The van der Waals surface area contributed by atoms with Gasteiger partial charge in [-0.2, -0.15) is 0 Å². The number of carbonyl (C=O) groups excluding carboxylic acids is 2. The summed E-state index contributed by atoms with van der Waals surface area (Å²) < 4.78 is 9.54. The fourth-order valence-corrected chi connectivity index (χ4v) is 1.95. The molecule has 0 saturated heterocycles. The number of carbonyl (C=O) groups is 2. The van der Waals surface area contributed by atoms with Crippen LogP contribution in [0.25, 0.3) is 0 Å². The molecule has 0 fully saturated rings. The maximum atomic E-state index is 12.0. The molecule has 0 aliphatic heterocycles. The number of benzene rings is 1. The number of rotatable bonds is 3. The molecular weight excluding hydrogens is 282 g/mol. The van der Waals surface area contributed by atoms with Gasteiger partial charge in [0.1, 0.15) is 0 Å². The summed E-state index contributed by atoms with van der Waals surface area (Å²) in [6.07, 6.45) is 1.33. The highest BCUT2D eigenvalue weighted by molar-refractivity contribution is 6.32. The van der Waals surface area contributed by atoms with Crippen molar-refractivity contribution in [1.29, 1.82) is 0 Å². The second-order valence-electron chi connectivity index (χ2n) is 4.03. The average molecular weight is 294 g/mol. The van der Waals surface area contributed by atoms with Crippen molar-refractivity contribution in [2.75, 3.05) is 12.4 Å². The lowest BCUT2D eigenvalue weighted by Gasteiger charge is -2.10. The van der Waals surface area contributed by atoms with Crippen LogP contribution >= 0.6 is 11.6 Å². The fourth-order valence-electron chi connectivity index (χ4n) is 1.75. The van der Waals surface area contributed by atoms with E-state index < -0.39 is 11.9 Å². The van der Waals surface area contributed by atoms with Crippen LogP contribution in [0.5, 0.6) is 0 Å². The number of hydrogen-bond acceptors (Lipinski definition) is 4. The summed E-state index contributed by atoms with van der Waals surface area (Å²) >= 11 is 5.74. The van der Waals surface area contributed by atoms with Crippen molar-refractivity contribution in [3.63, 3.8) is 0 Å². The summed E-state index contributed by atoms with van der Waals surface area (Å²) in [5.41, 5.74) is 1.75. The number of methoxy groups -OCH3 is 1. The smallest absolute Gasteiger partial charge is 0.338 e. The van der Waals surface area contributed by atoms with Crippen LogP contribution in [0.1, 0.15) is 26.3 Å². The van der Waals surface area contributed by atoms with Crippen LogP contribution in [0, 0.1) is 6.92 Å². The van der Waals surface area contributed by atoms with E-state index in [-0.39, 0.29) is 10.8 Å². The molecule has 0 saturated carbocycles. The molecule has 5 nitrogen and oxygen atoms in total. The first kappa shape index (κ1) is 14.1. The number of halogens is 1. The average Bonchev–Trinajstić information content (AvgIpc) is 2.86. The SMILES string of the molecule is COC(=O)c1cccc(NC(=O)c2ccoc2Cl)c1C.